The first-order valence-corrected chi connectivity index (χ1v) is 6.35. The number of carbonyl (C=O) groups is 1. The Kier molecular flexibility index (Phi) is 3.15. The standard InChI is InChI=1S/C13H23NO/c1-9(2)10(3)8-14-11-4-5-12(14)7-13(15)6-11/h9-12H,4-8H2,1-3H3. The number of hydrogen-bond donors (Lipinski definition) is 0. The number of rotatable bonds is 3. The van der Waals surface area contributed by atoms with E-state index in [2.05, 4.69) is 25.7 Å². The molecule has 86 valence electrons. The van der Waals surface area contributed by atoms with Crippen LogP contribution >= 0.6 is 0 Å². The molecule has 3 atom stereocenters. The quantitative estimate of drug-likeness (QED) is 0.711. The molecule has 2 saturated heterocycles. The second-order valence-corrected chi connectivity index (χ2v) is 5.75. The van der Waals surface area contributed by atoms with Gasteiger partial charge in [-0.2, -0.15) is 0 Å². The molecule has 0 aromatic carbocycles. The lowest BCUT2D eigenvalue weighted by atomic mass is 9.94. The Morgan fingerprint density at radius 1 is 1.20 bits per heavy atom. The van der Waals surface area contributed by atoms with Crippen molar-refractivity contribution in [2.24, 2.45) is 11.8 Å². The van der Waals surface area contributed by atoms with Crippen LogP contribution in [0, 0.1) is 11.8 Å². The Balaban J connectivity index is 1.96. The maximum Gasteiger partial charge on any atom is 0.136 e. The summed E-state index contributed by atoms with van der Waals surface area (Å²) in [5.41, 5.74) is 0. The largest absolute Gasteiger partial charge is 0.300 e. The van der Waals surface area contributed by atoms with Crippen molar-refractivity contribution < 1.29 is 4.79 Å². The van der Waals surface area contributed by atoms with Crippen LogP contribution < -0.4 is 0 Å². The number of nitrogens with zero attached hydrogens (tertiary/aromatic N) is 1. The van der Waals surface area contributed by atoms with E-state index in [-0.39, 0.29) is 0 Å². The molecule has 0 radical (unpaired) electrons. The summed E-state index contributed by atoms with van der Waals surface area (Å²) in [4.78, 5) is 14.1. The lowest BCUT2D eigenvalue weighted by molar-refractivity contribution is -0.123. The average Bonchev–Trinajstić information content (AvgIpc) is 2.42. The second kappa shape index (κ2) is 4.25. The maximum absolute atomic E-state index is 11.5. The Labute approximate surface area is 93.0 Å². The highest BCUT2D eigenvalue weighted by molar-refractivity contribution is 5.80. The summed E-state index contributed by atoms with van der Waals surface area (Å²) < 4.78 is 0. The number of Topliss-reactive ketones (excluding diaryl/α,β-unsaturated/α-hetero) is 1. The molecule has 2 nitrogen and oxygen atoms in total. The summed E-state index contributed by atoms with van der Waals surface area (Å²) in [5, 5.41) is 0. The number of ketones is 1. The van der Waals surface area contributed by atoms with Gasteiger partial charge in [-0.25, -0.2) is 0 Å². The molecule has 0 aromatic rings. The molecule has 0 saturated carbocycles. The third-order valence-corrected chi connectivity index (χ3v) is 4.33. The van der Waals surface area contributed by atoms with Gasteiger partial charge in [0.15, 0.2) is 0 Å². The molecule has 2 aliphatic heterocycles. The zero-order valence-electron chi connectivity index (χ0n) is 10.2. The molecule has 2 bridgehead atoms. The summed E-state index contributed by atoms with van der Waals surface area (Å²) >= 11 is 0. The minimum absolute atomic E-state index is 0.496. The van der Waals surface area contributed by atoms with Gasteiger partial charge in [0.2, 0.25) is 0 Å². The summed E-state index contributed by atoms with van der Waals surface area (Å²) in [6.07, 6.45) is 4.14. The monoisotopic (exact) mass is 209 g/mol. The van der Waals surface area contributed by atoms with Crippen LogP contribution in [0.2, 0.25) is 0 Å². The van der Waals surface area contributed by atoms with Crippen molar-refractivity contribution >= 4 is 5.78 Å². The van der Waals surface area contributed by atoms with E-state index in [1.807, 2.05) is 0 Å². The zero-order valence-corrected chi connectivity index (χ0v) is 10.2. The normalized spacial score (nSPS) is 33.7. The molecule has 0 N–H and O–H groups in total. The van der Waals surface area contributed by atoms with E-state index in [0.29, 0.717) is 17.9 Å². The van der Waals surface area contributed by atoms with Crippen LogP contribution in [0.3, 0.4) is 0 Å². The van der Waals surface area contributed by atoms with Crippen molar-refractivity contribution in [3.8, 4) is 0 Å². The number of hydrogen-bond acceptors (Lipinski definition) is 2. The molecule has 15 heavy (non-hydrogen) atoms. The predicted molar refractivity (Wildman–Crippen MR) is 61.8 cm³/mol. The van der Waals surface area contributed by atoms with Crippen LogP contribution in [0.15, 0.2) is 0 Å². The van der Waals surface area contributed by atoms with Crippen LogP contribution in [0.4, 0.5) is 0 Å². The van der Waals surface area contributed by atoms with Gasteiger partial charge in [-0.15, -0.1) is 0 Å². The average molecular weight is 209 g/mol. The fourth-order valence-electron chi connectivity index (χ4n) is 2.90. The van der Waals surface area contributed by atoms with Gasteiger partial charge in [-0.3, -0.25) is 9.69 Å². The van der Waals surface area contributed by atoms with Gasteiger partial charge in [0, 0.05) is 31.5 Å². The third kappa shape index (κ3) is 2.25. The number of piperidine rings is 1. The van der Waals surface area contributed by atoms with E-state index >= 15 is 0 Å². The second-order valence-electron chi connectivity index (χ2n) is 5.75. The van der Waals surface area contributed by atoms with Gasteiger partial charge in [-0.05, 0) is 24.7 Å². The van der Waals surface area contributed by atoms with Crippen LogP contribution in [0.5, 0.6) is 0 Å². The van der Waals surface area contributed by atoms with Crippen molar-refractivity contribution in [2.75, 3.05) is 6.54 Å². The van der Waals surface area contributed by atoms with Gasteiger partial charge in [-0.1, -0.05) is 20.8 Å². The molecular weight excluding hydrogens is 186 g/mol. The highest BCUT2D eigenvalue weighted by Gasteiger charge is 2.40. The molecule has 3 unspecified atom stereocenters. The van der Waals surface area contributed by atoms with E-state index in [0.717, 1.165) is 24.7 Å². The fourth-order valence-corrected chi connectivity index (χ4v) is 2.90. The maximum atomic E-state index is 11.5. The topological polar surface area (TPSA) is 20.3 Å². The van der Waals surface area contributed by atoms with E-state index in [9.17, 15) is 4.79 Å². The molecule has 2 aliphatic rings. The van der Waals surface area contributed by atoms with Crippen molar-refractivity contribution in [1.82, 2.24) is 4.90 Å². The summed E-state index contributed by atoms with van der Waals surface area (Å²) in [6.45, 7) is 8.12. The van der Waals surface area contributed by atoms with Crippen LogP contribution in [-0.2, 0) is 4.79 Å². The number of carbonyl (C=O) groups excluding carboxylic acids is 1. The molecule has 0 aromatic heterocycles. The van der Waals surface area contributed by atoms with Crippen molar-refractivity contribution in [2.45, 2.75) is 58.5 Å². The molecule has 0 aliphatic carbocycles. The molecule has 0 spiro atoms. The Morgan fingerprint density at radius 2 is 1.73 bits per heavy atom. The van der Waals surface area contributed by atoms with E-state index in [1.165, 1.54) is 19.4 Å². The summed E-state index contributed by atoms with van der Waals surface area (Å²) in [5.74, 6) is 2.00. The van der Waals surface area contributed by atoms with Crippen LogP contribution in [0.25, 0.3) is 0 Å². The lowest BCUT2D eigenvalue weighted by Crippen LogP contribution is -2.45. The van der Waals surface area contributed by atoms with Crippen molar-refractivity contribution in [1.29, 1.82) is 0 Å². The summed E-state index contributed by atoms with van der Waals surface area (Å²) in [6, 6.07) is 1.16. The Morgan fingerprint density at radius 3 is 2.20 bits per heavy atom. The number of fused-ring (bicyclic) bond motifs is 2. The zero-order chi connectivity index (χ0) is 11.0. The summed E-state index contributed by atoms with van der Waals surface area (Å²) in [7, 11) is 0. The molecule has 2 heteroatoms. The first-order valence-electron chi connectivity index (χ1n) is 6.35. The van der Waals surface area contributed by atoms with E-state index < -0.39 is 0 Å². The van der Waals surface area contributed by atoms with Gasteiger partial charge >= 0.3 is 0 Å². The van der Waals surface area contributed by atoms with Gasteiger partial charge in [0.1, 0.15) is 5.78 Å². The Bertz CT molecular complexity index is 233. The first-order chi connectivity index (χ1) is 7.08. The third-order valence-electron chi connectivity index (χ3n) is 4.33. The van der Waals surface area contributed by atoms with Gasteiger partial charge < -0.3 is 0 Å². The molecule has 0 amide bonds. The van der Waals surface area contributed by atoms with Crippen LogP contribution in [-0.4, -0.2) is 29.3 Å². The first kappa shape index (κ1) is 11.1. The predicted octanol–water partition coefficient (Wildman–Crippen LogP) is 2.47. The minimum Gasteiger partial charge on any atom is -0.300 e. The SMILES string of the molecule is CC(C)C(C)CN1C2CCC1CC(=O)C2. The fraction of sp³-hybridized carbons (Fsp3) is 0.923. The Hall–Kier alpha value is -0.370. The highest BCUT2D eigenvalue weighted by atomic mass is 16.1. The van der Waals surface area contributed by atoms with E-state index in [1.54, 1.807) is 0 Å². The molecule has 2 fully saturated rings. The van der Waals surface area contributed by atoms with Crippen molar-refractivity contribution in [3.05, 3.63) is 0 Å². The molecular formula is C13H23NO. The molecule has 2 heterocycles. The minimum atomic E-state index is 0.496. The van der Waals surface area contributed by atoms with Crippen LogP contribution in [0.1, 0.15) is 46.5 Å². The van der Waals surface area contributed by atoms with Gasteiger partial charge in [0.05, 0.1) is 0 Å². The highest BCUT2D eigenvalue weighted by Crippen LogP contribution is 2.34. The molecule has 2 rings (SSSR count). The smallest absolute Gasteiger partial charge is 0.136 e. The van der Waals surface area contributed by atoms with Crippen molar-refractivity contribution in [3.63, 3.8) is 0 Å². The van der Waals surface area contributed by atoms with E-state index in [4.69, 9.17) is 0 Å². The lowest BCUT2D eigenvalue weighted by Gasteiger charge is -2.36. The van der Waals surface area contributed by atoms with Gasteiger partial charge in [0.25, 0.3) is 0 Å².